The summed E-state index contributed by atoms with van der Waals surface area (Å²) in [7, 11) is 0. The van der Waals surface area contributed by atoms with E-state index in [2.05, 4.69) is 5.32 Å². The van der Waals surface area contributed by atoms with Gasteiger partial charge in [-0.1, -0.05) is 60.5 Å². The highest BCUT2D eigenvalue weighted by molar-refractivity contribution is 6.30. The molecular weight excluding hydrogens is 360 g/mol. The third-order valence-electron chi connectivity index (χ3n) is 5.39. The lowest BCUT2D eigenvalue weighted by Crippen LogP contribution is -2.51. The zero-order valence-corrected chi connectivity index (χ0v) is 16.3. The van der Waals surface area contributed by atoms with Crippen LogP contribution in [0.15, 0.2) is 54.6 Å². The van der Waals surface area contributed by atoms with Gasteiger partial charge in [0.05, 0.1) is 12.0 Å². The largest absolute Gasteiger partial charge is 0.346 e. The van der Waals surface area contributed by atoms with Gasteiger partial charge in [0.15, 0.2) is 0 Å². The summed E-state index contributed by atoms with van der Waals surface area (Å²) in [5, 5.41) is 3.53. The van der Waals surface area contributed by atoms with Crippen molar-refractivity contribution in [1.82, 2.24) is 10.2 Å². The van der Waals surface area contributed by atoms with Crippen LogP contribution in [0.25, 0.3) is 0 Å². The van der Waals surface area contributed by atoms with Gasteiger partial charge in [0.2, 0.25) is 11.8 Å². The van der Waals surface area contributed by atoms with Crippen molar-refractivity contribution in [2.45, 2.75) is 38.1 Å². The highest BCUT2D eigenvalue weighted by Gasteiger charge is 2.45. The van der Waals surface area contributed by atoms with Gasteiger partial charge in [0.25, 0.3) is 0 Å². The minimum Gasteiger partial charge on any atom is -0.346 e. The number of rotatable bonds is 7. The fraction of sp³-hybridized carbons (Fsp3) is 0.364. The fourth-order valence-corrected chi connectivity index (χ4v) is 3.69. The summed E-state index contributed by atoms with van der Waals surface area (Å²) in [6.45, 7) is 3.12. The number of hydrogen-bond donors (Lipinski definition) is 1. The first kappa shape index (κ1) is 19.4. The zero-order chi connectivity index (χ0) is 19.3. The van der Waals surface area contributed by atoms with E-state index in [1.807, 2.05) is 61.5 Å². The first-order valence-electron chi connectivity index (χ1n) is 9.41. The molecule has 0 aromatic heterocycles. The molecule has 0 spiro atoms. The highest BCUT2D eigenvalue weighted by atomic mass is 35.5. The van der Waals surface area contributed by atoms with Crippen LogP contribution in [-0.2, 0) is 21.5 Å². The molecule has 27 heavy (non-hydrogen) atoms. The number of amides is 2. The Morgan fingerprint density at radius 3 is 2.30 bits per heavy atom. The predicted molar refractivity (Wildman–Crippen MR) is 108 cm³/mol. The molecule has 1 aliphatic carbocycles. The Bertz CT molecular complexity index is 786. The maximum atomic E-state index is 12.9. The number of nitrogens with zero attached hydrogens (tertiary/aromatic N) is 1. The van der Waals surface area contributed by atoms with Gasteiger partial charge in [0, 0.05) is 18.1 Å². The number of carbonyl (C=O) groups excluding carboxylic acids is 2. The quantitative estimate of drug-likeness (QED) is 0.786. The Morgan fingerprint density at radius 2 is 1.74 bits per heavy atom. The molecule has 1 aliphatic rings. The van der Waals surface area contributed by atoms with Gasteiger partial charge in [-0.3, -0.25) is 9.59 Å². The molecule has 142 valence electrons. The summed E-state index contributed by atoms with van der Waals surface area (Å²) in [6, 6.07) is 17.3. The molecule has 4 nitrogen and oxygen atoms in total. The van der Waals surface area contributed by atoms with Crippen molar-refractivity contribution in [1.29, 1.82) is 0 Å². The van der Waals surface area contributed by atoms with Crippen LogP contribution in [0.5, 0.6) is 0 Å². The second-order valence-corrected chi connectivity index (χ2v) is 7.46. The summed E-state index contributed by atoms with van der Waals surface area (Å²) in [4.78, 5) is 27.2. The molecule has 0 heterocycles. The Kier molecular flexibility index (Phi) is 6.17. The molecule has 1 saturated carbocycles. The van der Waals surface area contributed by atoms with Gasteiger partial charge < -0.3 is 10.2 Å². The van der Waals surface area contributed by atoms with Crippen molar-refractivity contribution < 1.29 is 9.59 Å². The summed E-state index contributed by atoms with van der Waals surface area (Å²) in [5.74, 6) is -0.138. The van der Waals surface area contributed by atoms with E-state index in [4.69, 9.17) is 11.6 Å². The minimum absolute atomic E-state index is 0.0227. The smallest absolute Gasteiger partial charge is 0.242 e. The maximum absolute atomic E-state index is 12.9. The first-order valence-corrected chi connectivity index (χ1v) is 9.79. The maximum Gasteiger partial charge on any atom is 0.242 e. The molecule has 0 radical (unpaired) electrons. The average Bonchev–Trinajstić information content (AvgIpc) is 2.65. The van der Waals surface area contributed by atoms with Crippen molar-refractivity contribution in [2.75, 3.05) is 13.1 Å². The molecule has 1 fully saturated rings. The van der Waals surface area contributed by atoms with E-state index in [0.717, 1.165) is 30.4 Å². The van der Waals surface area contributed by atoms with Crippen molar-refractivity contribution in [3.05, 3.63) is 70.7 Å². The van der Waals surface area contributed by atoms with Crippen LogP contribution in [0.4, 0.5) is 0 Å². The molecule has 5 heteroatoms. The normalized spacial score (nSPS) is 14.9. The van der Waals surface area contributed by atoms with E-state index >= 15 is 0 Å². The molecule has 0 saturated heterocycles. The lowest BCUT2D eigenvalue weighted by Gasteiger charge is -2.40. The Hall–Kier alpha value is -2.33. The van der Waals surface area contributed by atoms with E-state index < -0.39 is 5.41 Å². The van der Waals surface area contributed by atoms with E-state index in [1.54, 1.807) is 4.90 Å². The topological polar surface area (TPSA) is 49.4 Å². The molecule has 1 N–H and O–H groups in total. The number of halogens is 1. The van der Waals surface area contributed by atoms with Gasteiger partial charge in [0.1, 0.15) is 0 Å². The van der Waals surface area contributed by atoms with Crippen molar-refractivity contribution in [3.8, 4) is 0 Å². The van der Waals surface area contributed by atoms with Crippen LogP contribution in [0.3, 0.4) is 0 Å². The monoisotopic (exact) mass is 384 g/mol. The van der Waals surface area contributed by atoms with Crippen LogP contribution in [0.1, 0.15) is 37.3 Å². The van der Waals surface area contributed by atoms with Crippen LogP contribution in [0, 0.1) is 0 Å². The van der Waals surface area contributed by atoms with Crippen molar-refractivity contribution in [3.63, 3.8) is 0 Å². The summed E-state index contributed by atoms with van der Waals surface area (Å²) in [6.07, 6.45) is 2.62. The zero-order valence-electron chi connectivity index (χ0n) is 15.6. The lowest BCUT2D eigenvalue weighted by molar-refractivity contribution is -0.136. The summed E-state index contributed by atoms with van der Waals surface area (Å²) >= 11 is 5.97. The van der Waals surface area contributed by atoms with E-state index in [-0.39, 0.29) is 18.4 Å². The number of nitrogens with one attached hydrogen (secondary N) is 1. The minimum atomic E-state index is -0.526. The predicted octanol–water partition coefficient (Wildman–Crippen LogP) is 3.93. The Balaban J connectivity index is 1.61. The third kappa shape index (κ3) is 4.33. The Morgan fingerprint density at radius 1 is 1.07 bits per heavy atom. The van der Waals surface area contributed by atoms with Crippen LogP contribution in [-0.4, -0.2) is 29.8 Å². The number of benzene rings is 2. The fourth-order valence-electron chi connectivity index (χ4n) is 3.56. The van der Waals surface area contributed by atoms with Gasteiger partial charge >= 0.3 is 0 Å². The number of hydrogen-bond acceptors (Lipinski definition) is 2. The van der Waals surface area contributed by atoms with Crippen LogP contribution < -0.4 is 5.32 Å². The van der Waals surface area contributed by atoms with E-state index in [9.17, 15) is 9.59 Å². The van der Waals surface area contributed by atoms with Crippen LogP contribution >= 0.6 is 11.6 Å². The molecule has 2 aromatic rings. The standard InChI is InChI=1S/C22H25ClN2O2/c1-2-25(16-17-7-4-3-5-8-17)20(26)15-24-21(27)22(13-6-14-22)18-9-11-19(23)12-10-18/h3-5,7-12H,2,6,13-16H2,1H3,(H,24,27). The summed E-state index contributed by atoms with van der Waals surface area (Å²) in [5.41, 5.74) is 1.52. The first-order chi connectivity index (χ1) is 13.0. The second-order valence-electron chi connectivity index (χ2n) is 7.02. The van der Waals surface area contributed by atoms with Crippen molar-refractivity contribution >= 4 is 23.4 Å². The molecule has 0 unspecified atom stereocenters. The van der Waals surface area contributed by atoms with Gasteiger partial charge in [-0.25, -0.2) is 0 Å². The molecule has 3 rings (SSSR count). The lowest BCUT2D eigenvalue weighted by atomic mass is 9.64. The average molecular weight is 385 g/mol. The molecule has 0 aliphatic heterocycles. The highest BCUT2D eigenvalue weighted by Crippen LogP contribution is 2.44. The van der Waals surface area contributed by atoms with Crippen LogP contribution in [0.2, 0.25) is 5.02 Å². The third-order valence-corrected chi connectivity index (χ3v) is 5.64. The van der Waals surface area contributed by atoms with Gasteiger partial charge in [-0.05, 0) is 43.0 Å². The number of carbonyl (C=O) groups is 2. The second kappa shape index (κ2) is 8.57. The van der Waals surface area contributed by atoms with Gasteiger partial charge in [-0.15, -0.1) is 0 Å². The van der Waals surface area contributed by atoms with E-state index in [0.29, 0.717) is 18.1 Å². The SMILES string of the molecule is CCN(Cc1ccccc1)C(=O)CNC(=O)C1(c2ccc(Cl)cc2)CCC1. The Labute approximate surface area is 165 Å². The summed E-state index contributed by atoms with van der Waals surface area (Å²) < 4.78 is 0. The molecule has 2 aromatic carbocycles. The van der Waals surface area contributed by atoms with Gasteiger partial charge in [-0.2, -0.15) is 0 Å². The molecular formula is C22H25ClN2O2. The van der Waals surface area contributed by atoms with E-state index in [1.165, 1.54) is 0 Å². The number of likely N-dealkylation sites (N-methyl/N-ethyl adjacent to an activating group) is 1. The van der Waals surface area contributed by atoms with Crippen molar-refractivity contribution in [2.24, 2.45) is 0 Å². The molecule has 0 bridgehead atoms. The molecule has 0 atom stereocenters. The molecule has 2 amide bonds.